The number of nitrogens with two attached hydrogens (primary N) is 2. The summed E-state index contributed by atoms with van der Waals surface area (Å²) in [4.78, 5) is 15.8. The predicted molar refractivity (Wildman–Crippen MR) is 78.7 cm³/mol. The van der Waals surface area contributed by atoms with Gasteiger partial charge in [-0.1, -0.05) is 36.8 Å². The zero-order valence-corrected chi connectivity index (χ0v) is 11.4. The van der Waals surface area contributed by atoms with Crippen LogP contribution in [0.2, 0.25) is 0 Å². The number of carbonyl (C=O) groups is 1. The molecule has 1 aromatic carbocycles. The molecule has 0 saturated heterocycles. The molecule has 3 unspecified atom stereocenters. The highest BCUT2D eigenvalue weighted by atomic mass is 16.4. The first-order chi connectivity index (χ1) is 9.59. The van der Waals surface area contributed by atoms with E-state index in [1.807, 2.05) is 30.3 Å². The number of amidine groups is 1. The fourth-order valence-electron chi connectivity index (χ4n) is 2.76. The Balaban J connectivity index is 2.35. The number of aliphatic carboxylic acids is 1. The van der Waals surface area contributed by atoms with E-state index in [0.29, 0.717) is 5.84 Å². The molecule has 1 aliphatic heterocycles. The Hall–Kier alpha value is -1.88. The molecule has 5 heteroatoms. The second-order valence-corrected chi connectivity index (χ2v) is 5.23. The van der Waals surface area contributed by atoms with Crippen molar-refractivity contribution < 1.29 is 9.90 Å². The molecule has 2 rings (SSSR count). The smallest absolute Gasteiger partial charge is 0.321 e. The van der Waals surface area contributed by atoms with Crippen molar-refractivity contribution in [2.24, 2.45) is 16.5 Å². The summed E-state index contributed by atoms with van der Waals surface area (Å²) in [6.45, 7) is 0. The van der Waals surface area contributed by atoms with Crippen molar-refractivity contribution in [3.05, 3.63) is 35.9 Å². The number of aliphatic imine (C=N–C) groups is 1. The third kappa shape index (κ3) is 3.36. The number of rotatable bonds is 4. The summed E-state index contributed by atoms with van der Waals surface area (Å²) in [7, 11) is 0. The van der Waals surface area contributed by atoms with Crippen LogP contribution < -0.4 is 11.5 Å². The Morgan fingerprint density at radius 2 is 2.00 bits per heavy atom. The maximum absolute atomic E-state index is 11.3. The number of nitrogens with zero attached hydrogens (tertiary/aromatic N) is 1. The van der Waals surface area contributed by atoms with Crippen LogP contribution in [0, 0.1) is 0 Å². The van der Waals surface area contributed by atoms with Crippen molar-refractivity contribution in [1.29, 1.82) is 0 Å². The summed E-state index contributed by atoms with van der Waals surface area (Å²) in [6, 6.07) is 8.36. The second-order valence-electron chi connectivity index (χ2n) is 5.23. The van der Waals surface area contributed by atoms with Gasteiger partial charge in [0.05, 0.1) is 11.9 Å². The second kappa shape index (κ2) is 6.52. The van der Waals surface area contributed by atoms with Gasteiger partial charge in [0.15, 0.2) is 0 Å². The molecular formula is C15H21N3O2. The molecule has 108 valence electrons. The van der Waals surface area contributed by atoms with Crippen molar-refractivity contribution in [2.75, 3.05) is 0 Å². The van der Waals surface area contributed by atoms with Crippen LogP contribution in [0.3, 0.4) is 0 Å². The van der Waals surface area contributed by atoms with E-state index in [1.165, 1.54) is 0 Å². The summed E-state index contributed by atoms with van der Waals surface area (Å²) >= 11 is 0. The lowest BCUT2D eigenvalue weighted by Crippen LogP contribution is -2.42. The van der Waals surface area contributed by atoms with E-state index in [1.54, 1.807) is 0 Å². The number of carboxylic acids is 1. The number of carboxylic acid groups (broad SMARTS) is 1. The van der Waals surface area contributed by atoms with Crippen LogP contribution in [-0.4, -0.2) is 29.0 Å². The molecule has 0 radical (unpaired) electrons. The van der Waals surface area contributed by atoms with Crippen LogP contribution in [0.25, 0.3) is 0 Å². The molecule has 0 aromatic heterocycles. The van der Waals surface area contributed by atoms with Gasteiger partial charge >= 0.3 is 5.97 Å². The molecule has 0 aliphatic carbocycles. The normalized spacial score (nSPS) is 22.4. The van der Waals surface area contributed by atoms with Gasteiger partial charge in [-0.15, -0.1) is 0 Å². The summed E-state index contributed by atoms with van der Waals surface area (Å²) < 4.78 is 0. The van der Waals surface area contributed by atoms with E-state index in [4.69, 9.17) is 11.5 Å². The number of hydrogen-bond donors (Lipinski definition) is 3. The Bertz CT molecular complexity index is 487. The van der Waals surface area contributed by atoms with Crippen LogP contribution in [-0.2, 0) is 4.79 Å². The minimum atomic E-state index is -1.00. The van der Waals surface area contributed by atoms with Crippen molar-refractivity contribution in [1.82, 2.24) is 0 Å². The lowest BCUT2D eigenvalue weighted by atomic mass is 9.83. The molecular weight excluding hydrogens is 254 g/mol. The number of benzene rings is 1. The van der Waals surface area contributed by atoms with E-state index < -0.39 is 12.0 Å². The molecule has 0 saturated carbocycles. The van der Waals surface area contributed by atoms with Gasteiger partial charge in [0.2, 0.25) is 0 Å². The Morgan fingerprint density at radius 3 is 2.65 bits per heavy atom. The molecule has 0 amide bonds. The average Bonchev–Trinajstić information content (AvgIpc) is 2.65. The van der Waals surface area contributed by atoms with E-state index in [-0.39, 0.29) is 12.0 Å². The summed E-state index contributed by atoms with van der Waals surface area (Å²) in [5, 5.41) is 9.28. The topological polar surface area (TPSA) is 102 Å². The Morgan fingerprint density at radius 1 is 1.30 bits per heavy atom. The molecule has 1 aliphatic rings. The first-order valence-corrected chi connectivity index (χ1v) is 6.95. The van der Waals surface area contributed by atoms with Crippen LogP contribution in [0.5, 0.6) is 0 Å². The molecule has 1 heterocycles. The van der Waals surface area contributed by atoms with E-state index in [2.05, 4.69) is 4.99 Å². The summed E-state index contributed by atoms with van der Waals surface area (Å²) in [5.41, 5.74) is 12.7. The van der Waals surface area contributed by atoms with Gasteiger partial charge < -0.3 is 16.6 Å². The van der Waals surface area contributed by atoms with E-state index >= 15 is 0 Å². The largest absolute Gasteiger partial charge is 0.480 e. The fraction of sp³-hybridized carbons (Fsp3) is 0.467. The van der Waals surface area contributed by atoms with Crippen LogP contribution >= 0.6 is 0 Å². The molecule has 5 nitrogen and oxygen atoms in total. The average molecular weight is 275 g/mol. The van der Waals surface area contributed by atoms with Gasteiger partial charge in [-0.3, -0.25) is 9.79 Å². The van der Waals surface area contributed by atoms with Crippen LogP contribution in [0.4, 0.5) is 0 Å². The molecule has 0 spiro atoms. The van der Waals surface area contributed by atoms with Gasteiger partial charge in [0.1, 0.15) is 6.04 Å². The van der Waals surface area contributed by atoms with Crippen molar-refractivity contribution in [2.45, 2.75) is 43.7 Å². The zero-order valence-electron chi connectivity index (χ0n) is 11.4. The van der Waals surface area contributed by atoms with E-state index in [0.717, 1.165) is 31.2 Å². The lowest BCUT2D eigenvalue weighted by Gasteiger charge is -2.27. The quantitative estimate of drug-likeness (QED) is 0.774. The van der Waals surface area contributed by atoms with Crippen LogP contribution in [0.1, 0.15) is 37.2 Å². The first-order valence-electron chi connectivity index (χ1n) is 6.95. The Kier molecular flexibility index (Phi) is 4.74. The minimum absolute atomic E-state index is 0.161. The SMILES string of the molecule is NC1=NC(C(c2ccccc2)C(N)C(=O)O)CCCC1. The predicted octanol–water partition coefficient (Wildman–Crippen LogP) is 1.48. The van der Waals surface area contributed by atoms with E-state index in [9.17, 15) is 9.90 Å². The molecule has 0 fully saturated rings. The van der Waals surface area contributed by atoms with Gasteiger partial charge in [0.25, 0.3) is 0 Å². The third-order valence-electron chi connectivity index (χ3n) is 3.79. The molecule has 0 bridgehead atoms. The third-order valence-corrected chi connectivity index (χ3v) is 3.79. The Labute approximate surface area is 118 Å². The van der Waals surface area contributed by atoms with Crippen LogP contribution in [0.15, 0.2) is 35.3 Å². The highest BCUT2D eigenvalue weighted by molar-refractivity contribution is 5.81. The van der Waals surface area contributed by atoms with Gasteiger partial charge in [-0.25, -0.2) is 0 Å². The fourth-order valence-corrected chi connectivity index (χ4v) is 2.76. The van der Waals surface area contributed by atoms with Crippen molar-refractivity contribution >= 4 is 11.8 Å². The lowest BCUT2D eigenvalue weighted by molar-refractivity contribution is -0.139. The monoisotopic (exact) mass is 275 g/mol. The van der Waals surface area contributed by atoms with Crippen molar-refractivity contribution in [3.8, 4) is 0 Å². The summed E-state index contributed by atoms with van der Waals surface area (Å²) in [5.74, 6) is -0.742. The number of hydrogen-bond acceptors (Lipinski definition) is 4. The minimum Gasteiger partial charge on any atom is -0.480 e. The molecule has 20 heavy (non-hydrogen) atoms. The highest BCUT2D eigenvalue weighted by Gasteiger charge is 2.33. The molecule has 5 N–H and O–H groups in total. The maximum Gasteiger partial charge on any atom is 0.321 e. The highest BCUT2D eigenvalue weighted by Crippen LogP contribution is 2.30. The molecule has 3 atom stereocenters. The first kappa shape index (κ1) is 14.5. The maximum atomic E-state index is 11.3. The summed E-state index contributed by atoms with van der Waals surface area (Å²) in [6.07, 6.45) is 3.59. The van der Waals surface area contributed by atoms with Gasteiger partial charge in [0, 0.05) is 12.3 Å². The zero-order chi connectivity index (χ0) is 14.5. The van der Waals surface area contributed by atoms with Gasteiger partial charge in [-0.05, 0) is 18.4 Å². The van der Waals surface area contributed by atoms with Gasteiger partial charge in [-0.2, -0.15) is 0 Å². The van der Waals surface area contributed by atoms with Crippen molar-refractivity contribution in [3.63, 3.8) is 0 Å². The molecule has 1 aromatic rings. The standard InChI is InChI=1S/C15H21N3O2/c16-12-9-5-4-8-11(18-12)13(14(17)15(19)20)10-6-2-1-3-7-10/h1-3,6-7,11,13-14H,4-5,8-9,17H2,(H2,16,18)(H,19,20).